The molecule has 1 atom stereocenters. The molecule has 0 aliphatic heterocycles. The van der Waals surface area contributed by atoms with Crippen LogP contribution in [0.2, 0.25) is 0 Å². The number of benzene rings is 1. The molecule has 1 heterocycles. The average Bonchev–Trinajstić information content (AvgIpc) is 2.79. The first-order valence-corrected chi connectivity index (χ1v) is 6.05. The van der Waals surface area contributed by atoms with Crippen LogP contribution in [-0.4, -0.2) is 15.6 Å². The lowest BCUT2D eigenvalue weighted by atomic mass is 10.0. The summed E-state index contributed by atoms with van der Waals surface area (Å²) in [4.78, 5) is 11.6. The van der Waals surface area contributed by atoms with Gasteiger partial charge < -0.3 is 9.67 Å². The third kappa shape index (κ3) is 2.30. The SMILES string of the molecule is CC(C)c1cccn1[C@H](C(=O)O)c1ccccc1. The third-order valence-electron chi connectivity index (χ3n) is 3.03. The maximum Gasteiger partial charge on any atom is 0.331 e. The minimum Gasteiger partial charge on any atom is -0.479 e. The predicted octanol–water partition coefficient (Wildman–Crippen LogP) is 3.29. The van der Waals surface area contributed by atoms with E-state index >= 15 is 0 Å². The van der Waals surface area contributed by atoms with Gasteiger partial charge >= 0.3 is 5.97 Å². The van der Waals surface area contributed by atoms with Crippen molar-refractivity contribution < 1.29 is 9.90 Å². The summed E-state index contributed by atoms with van der Waals surface area (Å²) in [6.45, 7) is 4.13. The van der Waals surface area contributed by atoms with Crippen LogP contribution in [0.1, 0.15) is 37.1 Å². The van der Waals surface area contributed by atoms with E-state index in [4.69, 9.17) is 0 Å². The molecule has 1 aromatic heterocycles. The van der Waals surface area contributed by atoms with Gasteiger partial charge in [0.2, 0.25) is 0 Å². The zero-order valence-corrected chi connectivity index (χ0v) is 10.6. The van der Waals surface area contributed by atoms with E-state index in [-0.39, 0.29) is 0 Å². The van der Waals surface area contributed by atoms with Gasteiger partial charge in [0.15, 0.2) is 6.04 Å². The van der Waals surface area contributed by atoms with Crippen molar-refractivity contribution >= 4 is 5.97 Å². The molecule has 1 aromatic carbocycles. The van der Waals surface area contributed by atoms with Crippen LogP contribution >= 0.6 is 0 Å². The summed E-state index contributed by atoms with van der Waals surface area (Å²) in [5.74, 6) is -0.537. The number of rotatable bonds is 4. The molecule has 0 spiro atoms. The second-order valence-electron chi connectivity index (χ2n) is 4.65. The lowest BCUT2D eigenvalue weighted by Gasteiger charge is -2.20. The molecular formula is C15H17NO2. The maximum atomic E-state index is 11.6. The number of nitrogens with zero attached hydrogens (tertiary/aromatic N) is 1. The Morgan fingerprint density at radius 1 is 1.11 bits per heavy atom. The van der Waals surface area contributed by atoms with E-state index < -0.39 is 12.0 Å². The van der Waals surface area contributed by atoms with E-state index in [1.54, 1.807) is 0 Å². The summed E-state index contributed by atoms with van der Waals surface area (Å²) >= 11 is 0. The van der Waals surface area contributed by atoms with E-state index in [1.807, 2.05) is 53.2 Å². The Bertz CT molecular complexity index is 528. The highest BCUT2D eigenvalue weighted by molar-refractivity contribution is 5.76. The maximum absolute atomic E-state index is 11.6. The largest absolute Gasteiger partial charge is 0.479 e. The number of carbonyl (C=O) groups is 1. The van der Waals surface area contributed by atoms with Crippen molar-refractivity contribution in [2.45, 2.75) is 25.8 Å². The average molecular weight is 243 g/mol. The highest BCUT2D eigenvalue weighted by Gasteiger charge is 2.23. The molecular weight excluding hydrogens is 226 g/mol. The fourth-order valence-electron chi connectivity index (χ4n) is 2.19. The van der Waals surface area contributed by atoms with E-state index in [0.717, 1.165) is 11.3 Å². The summed E-state index contributed by atoms with van der Waals surface area (Å²) in [6.07, 6.45) is 1.83. The minimum absolute atomic E-state index is 0.297. The molecule has 0 aliphatic rings. The number of carboxylic acids is 1. The van der Waals surface area contributed by atoms with Crippen molar-refractivity contribution in [3.63, 3.8) is 0 Å². The molecule has 2 rings (SSSR count). The van der Waals surface area contributed by atoms with Crippen molar-refractivity contribution in [2.75, 3.05) is 0 Å². The molecule has 1 N–H and O–H groups in total. The van der Waals surface area contributed by atoms with Crippen LogP contribution in [0.15, 0.2) is 48.7 Å². The first-order chi connectivity index (χ1) is 8.61. The molecule has 0 amide bonds. The van der Waals surface area contributed by atoms with Gasteiger partial charge in [0, 0.05) is 11.9 Å². The molecule has 0 saturated heterocycles. The van der Waals surface area contributed by atoms with E-state index in [1.165, 1.54) is 0 Å². The minimum atomic E-state index is -0.834. The lowest BCUT2D eigenvalue weighted by molar-refractivity contribution is -0.139. The van der Waals surface area contributed by atoms with Gasteiger partial charge in [-0.1, -0.05) is 44.2 Å². The van der Waals surface area contributed by atoms with Gasteiger partial charge in [-0.3, -0.25) is 0 Å². The van der Waals surface area contributed by atoms with Crippen LogP contribution in [0.3, 0.4) is 0 Å². The van der Waals surface area contributed by atoms with E-state index in [2.05, 4.69) is 13.8 Å². The van der Waals surface area contributed by atoms with Crippen molar-refractivity contribution in [1.29, 1.82) is 0 Å². The number of aromatic nitrogens is 1. The highest BCUT2D eigenvalue weighted by Crippen LogP contribution is 2.25. The Hall–Kier alpha value is -2.03. The van der Waals surface area contributed by atoms with Crippen LogP contribution in [0, 0.1) is 0 Å². The number of carboxylic acid groups (broad SMARTS) is 1. The summed E-state index contributed by atoms with van der Waals surface area (Å²) < 4.78 is 1.84. The molecule has 94 valence electrons. The van der Waals surface area contributed by atoms with Crippen molar-refractivity contribution in [1.82, 2.24) is 4.57 Å². The first kappa shape index (κ1) is 12.4. The summed E-state index contributed by atoms with van der Waals surface area (Å²) in [7, 11) is 0. The zero-order valence-electron chi connectivity index (χ0n) is 10.6. The van der Waals surface area contributed by atoms with E-state index in [9.17, 15) is 9.90 Å². The van der Waals surface area contributed by atoms with E-state index in [0.29, 0.717) is 5.92 Å². The molecule has 0 unspecified atom stereocenters. The molecule has 3 heteroatoms. The van der Waals surface area contributed by atoms with Crippen molar-refractivity contribution in [3.8, 4) is 0 Å². The monoisotopic (exact) mass is 243 g/mol. The first-order valence-electron chi connectivity index (χ1n) is 6.05. The van der Waals surface area contributed by atoms with Crippen LogP contribution in [0.25, 0.3) is 0 Å². The van der Waals surface area contributed by atoms with Crippen LogP contribution in [-0.2, 0) is 4.79 Å². The van der Waals surface area contributed by atoms with Gasteiger partial charge in [0.1, 0.15) is 0 Å². The van der Waals surface area contributed by atoms with Crippen LogP contribution in [0.5, 0.6) is 0 Å². The molecule has 2 aromatic rings. The van der Waals surface area contributed by atoms with Gasteiger partial charge in [0.25, 0.3) is 0 Å². The van der Waals surface area contributed by atoms with Crippen LogP contribution < -0.4 is 0 Å². The second-order valence-corrected chi connectivity index (χ2v) is 4.65. The molecule has 0 aliphatic carbocycles. The van der Waals surface area contributed by atoms with Gasteiger partial charge in [-0.2, -0.15) is 0 Å². The van der Waals surface area contributed by atoms with Gasteiger partial charge in [0.05, 0.1) is 0 Å². The summed E-state index contributed by atoms with van der Waals surface area (Å²) in [5, 5.41) is 9.48. The smallest absolute Gasteiger partial charge is 0.331 e. The molecule has 0 saturated carbocycles. The quantitative estimate of drug-likeness (QED) is 0.895. The Balaban J connectivity index is 2.49. The highest BCUT2D eigenvalue weighted by atomic mass is 16.4. The topological polar surface area (TPSA) is 42.2 Å². The fourth-order valence-corrected chi connectivity index (χ4v) is 2.19. The molecule has 3 nitrogen and oxygen atoms in total. The summed E-state index contributed by atoms with van der Waals surface area (Å²) in [6, 6.07) is 12.5. The van der Waals surface area contributed by atoms with Crippen LogP contribution in [0.4, 0.5) is 0 Å². The molecule has 18 heavy (non-hydrogen) atoms. The van der Waals surface area contributed by atoms with Gasteiger partial charge in [-0.15, -0.1) is 0 Å². The standard InChI is InChI=1S/C15H17NO2/c1-11(2)13-9-6-10-16(13)14(15(17)18)12-7-4-3-5-8-12/h3-11,14H,1-2H3,(H,17,18)/t14-/m0/s1. The number of aliphatic carboxylic acids is 1. The normalized spacial score (nSPS) is 12.6. The Morgan fingerprint density at radius 3 is 2.33 bits per heavy atom. The Kier molecular flexibility index (Phi) is 3.51. The Morgan fingerprint density at radius 2 is 1.78 bits per heavy atom. The third-order valence-corrected chi connectivity index (χ3v) is 3.03. The van der Waals surface area contributed by atoms with Crippen molar-refractivity contribution in [3.05, 3.63) is 59.9 Å². The summed E-state index contributed by atoms with van der Waals surface area (Å²) in [5.41, 5.74) is 1.83. The zero-order chi connectivity index (χ0) is 13.1. The molecule has 0 bridgehead atoms. The second kappa shape index (κ2) is 5.08. The van der Waals surface area contributed by atoms with Crippen molar-refractivity contribution in [2.24, 2.45) is 0 Å². The van der Waals surface area contributed by atoms with Gasteiger partial charge in [-0.05, 0) is 23.6 Å². The fraction of sp³-hybridized carbons (Fsp3) is 0.267. The number of hydrogen-bond acceptors (Lipinski definition) is 1. The molecule has 0 fully saturated rings. The Labute approximate surface area is 107 Å². The van der Waals surface area contributed by atoms with Gasteiger partial charge in [-0.25, -0.2) is 4.79 Å². The predicted molar refractivity (Wildman–Crippen MR) is 70.7 cm³/mol. The lowest BCUT2D eigenvalue weighted by Crippen LogP contribution is -2.21. The number of hydrogen-bond donors (Lipinski definition) is 1. The molecule has 0 radical (unpaired) electrons.